The number of nitrogens with two attached hydrogens (primary N) is 1. The molecule has 94 valence electrons. The van der Waals surface area contributed by atoms with Crippen LogP contribution in [-0.4, -0.2) is 21.3 Å². The van der Waals surface area contributed by atoms with Crippen LogP contribution in [0.2, 0.25) is 0 Å². The maximum atomic E-state index is 5.99. The lowest BCUT2D eigenvalue weighted by molar-refractivity contribution is 0.0852. The van der Waals surface area contributed by atoms with Crippen molar-refractivity contribution in [3.63, 3.8) is 0 Å². The maximum Gasteiger partial charge on any atom is 0.148 e. The minimum atomic E-state index is 0.0473. The van der Waals surface area contributed by atoms with Gasteiger partial charge in [-0.1, -0.05) is 0 Å². The number of fused-ring (bicyclic) bond motifs is 1. The van der Waals surface area contributed by atoms with Crippen molar-refractivity contribution in [1.29, 1.82) is 0 Å². The van der Waals surface area contributed by atoms with Crippen LogP contribution in [0.15, 0.2) is 6.07 Å². The Hall–Kier alpha value is -1.42. The van der Waals surface area contributed by atoms with Gasteiger partial charge in [0.2, 0.25) is 0 Å². The Morgan fingerprint density at radius 3 is 2.59 bits per heavy atom. The van der Waals surface area contributed by atoms with Crippen LogP contribution in [-0.2, 0) is 11.2 Å². The molecule has 0 aromatic heterocycles. The van der Waals surface area contributed by atoms with Crippen molar-refractivity contribution in [3.8, 4) is 11.5 Å². The summed E-state index contributed by atoms with van der Waals surface area (Å²) >= 11 is 0. The Bertz CT molecular complexity index is 418. The molecule has 0 amide bonds. The minimum absolute atomic E-state index is 0.0473. The first-order chi connectivity index (χ1) is 8.22. The van der Waals surface area contributed by atoms with Gasteiger partial charge in [0.1, 0.15) is 11.5 Å². The van der Waals surface area contributed by atoms with Crippen molar-refractivity contribution in [1.82, 2.24) is 0 Å². The zero-order valence-electron chi connectivity index (χ0n) is 10.6. The van der Waals surface area contributed by atoms with Crippen LogP contribution < -0.4 is 15.2 Å². The standard InChI is InChI=1S/C13H19NO3/c1-15-10-6-4-5-8-11(16-2)7-9(14)13(17-3)12(8)10/h7,10H,4-6,14H2,1-3H3. The first-order valence-corrected chi connectivity index (χ1v) is 5.79. The number of nitrogen functional groups attached to an aromatic ring is 1. The van der Waals surface area contributed by atoms with E-state index in [1.54, 1.807) is 21.3 Å². The van der Waals surface area contributed by atoms with Crippen LogP contribution in [0, 0.1) is 0 Å². The van der Waals surface area contributed by atoms with Crippen LogP contribution in [0.3, 0.4) is 0 Å². The largest absolute Gasteiger partial charge is 0.496 e. The van der Waals surface area contributed by atoms with Crippen molar-refractivity contribution < 1.29 is 14.2 Å². The van der Waals surface area contributed by atoms with Crippen molar-refractivity contribution in [2.45, 2.75) is 25.4 Å². The second-order valence-corrected chi connectivity index (χ2v) is 4.21. The second kappa shape index (κ2) is 4.84. The molecular weight excluding hydrogens is 218 g/mol. The molecule has 2 rings (SSSR count). The molecule has 1 unspecified atom stereocenters. The summed E-state index contributed by atoms with van der Waals surface area (Å²) < 4.78 is 16.3. The van der Waals surface area contributed by atoms with Gasteiger partial charge in [-0.2, -0.15) is 0 Å². The van der Waals surface area contributed by atoms with Gasteiger partial charge in [0.15, 0.2) is 0 Å². The van der Waals surface area contributed by atoms with E-state index in [2.05, 4.69) is 0 Å². The van der Waals surface area contributed by atoms with Crippen molar-refractivity contribution in [2.24, 2.45) is 0 Å². The van der Waals surface area contributed by atoms with Gasteiger partial charge in [-0.05, 0) is 19.3 Å². The zero-order valence-corrected chi connectivity index (χ0v) is 10.6. The first kappa shape index (κ1) is 12.0. The quantitative estimate of drug-likeness (QED) is 0.820. The van der Waals surface area contributed by atoms with Crippen LogP contribution in [0.5, 0.6) is 11.5 Å². The van der Waals surface area contributed by atoms with Crippen LogP contribution in [0.4, 0.5) is 5.69 Å². The summed E-state index contributed by atoms with van der Waals surface area (Å²) in [6.07, 6.45) is 3.11. The van der Waals surface area contributed by atoms with Gasteiger partial charge in [-0.15, -0.1) is 0 Å². The average Bonchev–Trinajstić information content (AvgIpc) is 2.37. The van der Waals surface area contributed by atoms with E-state index in [1.807, 2.05) is 6.07 Å². The SMILES string of the molecule is COc1cc(N)c(OC)c2c1CCCC2OC. The van der Waals surface area contributed by atoms with Crippen LogP contribution >= 0.6 is 0 Å². The predicted molar refractivity (Wildman–Crippen MR) is 66.6 cm³/mol. The third kappa shape index (κ3) is 1.93. The highest BCUT2D eigenvalue weighted by atomic mass is 16.5. The van der Waals surface area contributed by atoms with Crippen molar-refractivity contribution in [3.05, 3.63) is 17.2 Å². The summed E-state index contributed by atoms with van der Waals surface area (Å²) in [6, 6.07) is 1.83. The van der Waals surface area contributed by atoms with Crippen molar-refractivity contribution in [2.75, 3.05) is 27.1 Å². The molecule has 17 heavy (non-hydrogen) atoms. The van der Waals surface area contributed by atoms with Crippen LogP contribution in [0.1, 0.15) is 30.1 Å². The van der Waals surface area contributed by atoms with Crippen LogP contribution in [0.25, 0.3) is 0 Å². The molecule has 0 heterocycles. The lowest BCUT2D eigenvalue weighted by atomic mass is 9.87. The molecule has 0 bridgehead atoms. The predicted octanol–water partition coefficient (Wildman–Crippen LogP) is 2.31. The van der Waals surface area contributed by atoms with E-state index in [9.17, 15) is 0 Å². The fourth-order valence-electron chi connectivity index (χ4n) is 2.57. The number of ether oxygens (including phenoxy) is 3. The summed E-state index contributed by atoms with van der Waals surface area (Å²) in [7, 11) is 5.02. The molecule has 1 aliphatic rings. The van der Waals surface area contributed by atoms with Gasteiger partial charge < -0.3 is 19.9 Å². The Balaban J connectivity index is 2.64. The summed E-state index contributed by atoms with van der Waals surface area (Å²) in [6.45, 7) is 0. The number of benzene rings is 1. The number of anilines is 1. The molecular formula is C13H19NO3. The average molecular weight is 237 g/mol. The highest BCUT2D eigenvalue weighted by Gasteiger charge is 2.28. The van der Waals surface area contributed by atoms with E-state index in [1.165, 1.54) is 0 Å². The third-order valence-corrected chi connectivity index (χ3v) is 3.34. The maximum absolute atomic E-state index is 5.99. The van der Waals surface area contributed by atoms with E-state index >= 15 is 0 Å². The Morgan fingerprint density at radius 2 is 2.00 bits per heavy atom. The van der Waals surface area contributed by atoms with E-state index in [0.29, 0.717) is 5.69 Å². The van der Waals surface area contributed by atoms with E-state index in [0.717, 1.165) is 41.9 Å². The molecule has 0 saturated carbocycles. The highest BCUT2D eigenvalue weighted by molar-refractivity contribution is 5.65. The molecule has 0 radical (unpaired) electrons. The Kier molecular flexibility index (Phi) is 3.43. The monoisotopic (exact) mass is 237 g/mol. The molecule has 2 N–H and O–H groups in total. The molecule has 0 saturated heterocycles. The molecule has 4 nitrogen and oxygen atoms in total. The van der Waals surface area contributed by atoms with E-state index in [4.69, 9.17) is 19.9 Å². The number of methoxy groups -OCH3 is 3. The normalized spacial score (nSPS) is 18.6. The number of rotatable bonds is 3. The van der Waals surface area contributed by atoms with Gasteiger partial charge in [-0.3, -0.25) is 0 Å². The molecule has 1 aromatic carbocycles. The van der Waals surface area contributed by atoms with Gasteiger partial charge >= 0.3 is 0 Å². The molecule has 1 aliphatic carbocycles. The summed E-state index contributed by atoms with van der Waals surface area (Å²) in [4.78, 5) is 0. The fraction of sp³-hybridized carbons (Fsp3) is 0.538. The Morgan fingerprint density at radius 1 is 1.24 bits per heavy atom. The smallest absolute Gasteiger partial charge is 0.148 e. The number of hydrogen-bond acceptors (Lipinski definition) is 4. The summed E-state index contributed by atoms with van der Waals surface area (Å²) in [5, 5.41) is 0. The fourth-order valence-corrected chi connectivity index (χ4v) is 2.57. The zero-order chi connectivity index (χ0) is 12.4. The first-order valence-electron chi connectivity index (χ1n) is 5.79. The van der Waals surface area contributed by atoms with Gasteiger partial charge in [0.05, 0.1) is 26.0 Å². The second-order valence-electron chi connectivity index (χ2n) is 4.21. The molecule has 4 heteroatoms. The third-order valence-electron chi connectivity index (χ3n) is 3.34. The lowest BCUT2D eigenvalue weighted by Gasteiger charge is -2.28. The van der Waals surface area contributed by atoms with Gasteiger partial charge in [-0.25, -0.2) is 0 Å². The highest BCUT2D eigenvalue weighted by Crippen LogP contribution is 2.45. The van der Waals surface area contributed by atoms with Crippen molar-refractivity contribution >= 4 is 5.69 Å². The molecule has 0 fully saturated rings. The Labute approximate surface area is 102 Å². The topological polar surface area (TPSA) is 53.7 Å². The molecule has 0 aliphatic heterocycles. The molecule has 1 aromatic rings. The summed E-state index contributed by atoms with van der Waals surface area (Å²) in [5.74, 6) is 1.56. The summed E-state index contributed by atoms with van der Waals surface area (Å²) in [5.41, 5.74) is 8.81. The van der Waals surface area contributed by atoms with Gasteiger partial charge in [0.25, 0.3) is 0 Å². The van der Waals surface area contributed by atoms with E-state index in [-0.39, 0.29) is 6.10 Å². The lowest BCUT2D eigenvalue weighted by Crippen LogP contribution is -2.15. The number of hydrogen-bond donors (Lipinski definition) is 1. The van der Waals surface area contributed by atoms with Gasteiger partial charge in [0, 0.05) is 24.3 Å². The van der Waals surface area contributed by atoms with E-state index < -0.39 is 0 Å². The molecule has 0 spiro atoms. The molecule has 1 atom stereocenters. The minimum Gasteiger partial charge on any atom is -0.496 e.